The molecule has 0 atom stereocenters. The van der Waals surface area contributed by atoms with E-state index in [4.69, 9.17) is 10.5 Å². The van der Waals surface area contributed by atoms with Gasteiger partial charge in [0.05, 0.1) is 6.61 Å². The molecule has 5 heteroatoms. The molecule has 1 amide bonds. The van der Waals surface area contributed by atoms with Crippen LogP contribution in [0.25, 0.3) is 0 Å². The predicted octanol–water partition coefficient (Wildman–Crippen LogP) is 1.61. The number of ether oxygens (including phenoxy) is 1. The Hall–Kier alpha value is -2.04. The van der Waals surface area contributed by atoms with Crippen molar-refractivity contribution >= 4 is 17.6 Å². The Morgan fingerprint density at radius 1 is 1.30 bits per heavy atom. The average Bonchev–Trinajstić information content (AvgIpc) is 2.42. The van der Waals surface area contributed by atoms with E-state index in [0.29, 0.717) is 31.7 Å². The molecule has 110 valence electrons. The maximum Gasteiger partial charge on any atom is 0.325 e. The molecule has 0 aromatic heterocycles. The largest absolute Gasteiger partial charge is 0.465 e. The molecule has 0 spiro atoms. The summed E-state index contributed by atoms with van der Waals surface area (Å²) in [5.41, 5.74) is 7.40. The van der Waals surface area contributed by atoms with Crippen LogP contribution in [0.15, 0.2) is 24.3 Å². The van der Waals surface area contributed by atoms with E-state index in [9.17, 15) is 9.59 Å². The SMILES string of the molecule is CCOC(=O)CN(CC)C(=O)CCc1cccc(N)c1. The lowest BCUT2D eigenvalue weighted by Crippen LogP contribution is -2.36. The maximum atomic E-state index is 12.1. The molecule has 1 rings (SSSR count). The summed E-state index contributed by atoms with van der Waals surface area (Å²) in [4.78, 5) is 25.0. The second-order valence-electron chi connectivity index (χ2n) is 4.46. The zero-order chi connectivity index (χ0) is 15.0. The number of nitrogens with zero attached hydrogens (tertiary/aromatic N) is 1. The molecule has 0 bridgehead atoms. The number of nitrogen functional groups attached to an aromatic ring is 1. The summed E-state index contributed by atoms with van der Waals surface area (Å²) in [5, 5.41) is 0. The third kappa shape index (κ3) is 5.30. The summed E-state index contributed by atoms with van der Waals surface area (Å²) in [6.45, 7) is 4.43. The van der Waals surface area contributed by atoms with Crippen LogP contribution in [0.1, 0.15) is 25.8 Å². The normalized spacial score (nSPS) is 10.1. The van der Waals surface area contributed by atoms with Gasteiger partial charge in [-0.25, -0.2) is 0 Å². The molecule has 20 heavy (non-hydrogen) atoms. The number of carbonyl (C=O) groups excluding carboxylic acids is 2. The number of aryl methyl sites for hydroxylation is 1. The van der Waals surface area contributed by atoms with Crippen molar-refractivity contribution in [1.82, 2.24) is 4.90 Å². The van der Waals surface area contributed by atoms with Crippen LogP contribution < -0.4 is 5.73 Å². The molecule has 1 aromatic rings. The van der Waals surface area contributed by atoms with E-state index in [1.54, 1.807) is 6.92 Å². The minimum absolute atomic E-state index is 0.0140. The van der Waals surface area contributed by atoms with Gasteiger partial charge in [0.25, 0.3) is 0 Å². The van der Waals surface area contributed by atoms with E-state index >= 15 is 0 Å². The Labute approximate surface area is 119 Å². The van der Waals surface area contributed by atoms with Gasteiger partial charge in [-0.2, -0.15) is 0 Å². The Morgan fingerprint density at radius 3 is 2.65 bits per heavy atom. The molecule has 0 saturated heterocycles. The van der Waals surface area contributed by atoms with Crippen molar-refractivity contribution < 1.29 is 14.3 Å². The third-order valence-corrected chi connectivity index (χ3v) is 2.94. The topological polar surface area (TPSA) is 72.6 Å². The lowest BCUT2D eigenvalue weighted by molar-refractivity contribution is -0.148. The highest BCUT2D eigenvalue weighted by molar-refractivity contribution is 5.82. The lowest BCUT2D eigenvalue weighted by atomic mass is 10.1. The number of benzene rings is 1. The first-order valence-corrected chi connectivity index (χ1v) is 6.84. The highest BCUT2D eigenvalue weighted by atomic mass is 16.5. The van der Waals surface area contributed by atoms with Gasteiger partial charge in [0, 0.05) is 18.7 Å². The fourth-order valence-corrected chi connectivity index (χ4v) is 1.90. The second kappa shape index (κ2) is 8.19. The minimum Gasteiger partial charge on any atom is -0.465 e. The van der Waals surface area contributed by atoms with Gasteiger partial charge in [0.2, 0.25) is 5.91 Å². The number of rotatable bonds is 7. The standard InChI is InChI=1S/C15H22N2O3/c1-3-17(11-15(19)20-4-2)14(18)9-8-12-6-5-7-13(16)10-12/h5-7,10H,3-4,8-9,11,16H2,1-2H3. The van der Waals surface area contributed by atoms with Crippen molar-refractivity contribution in [3.63, 3.8) is 0 Å². The van der Waals surface area contributed by atoms with E-state index in [0.717, 1.165) is 5.56 Å². The fourth-order valence-electron chi connectivity index (χ4n) is 1.90. The van der Waals surface area contributed by atoms with Crippen LogP contribution in [-0.4, -0.2) is 36.5 Å². The van der Waals surface area contributed by atoms with Gasteiger partial charge in [-0.1, -0.05) is 12.1 Å². The average molecular weight is 278 g/mol. The van der Waals surface area contributed by atoms with Gasteiger partial charge in [-0.3, -0.25) is 9.59 Å². The van der Waals surface area contributed by atoms with Gasteiger partial charge >= 0.3 is 5.97 Å². The van der Waals surface area contributed by atoms with Crippen LogP contribution in [0.5, 0.6) is 0 Å². The van der Waals surface area contributed by atoms with Gasteiger partial charge in [-0.05, 0) is 38.0 Å². The van der Waals surface area contributed by atoms with Crippen LogP contribution >= 0.6 is 0 Å². The number of amides is 1. The molecule has 0 saturated carbocycles. The summed E-state index contributed by atoms with van der Waals surface area (Å²) in [5.74, 6) is -0.422. The molecular formula is C15H22N2O3. The highest BCUT2D eigenvalue weighted by Gasteiger charge is 2.15. The van der Waals surface area contributed by atoms with Crippen molar-refractivity contribution in [1.29, 1.82) is 0 Å². The monoisotopic (exact) mass is 278 g/mol. The van der Waals surface area contributed by atoms with Gasteiger partial charge < -0.3 is 15.4 Å². The zero-order valence-electron chi connectivity index (χ0n) is 12.1. The first kappa shape index (κ1) is 16.0. The molecule has 0 aliphatic carbocycles. The van der Waals surface area contributed by atoms with Crippen molar-refractivity contribution in [3.8, 4) is 0 Å². The number of hydrogen-bond acceptors (Lipinski definition) is 4. The van der Waals surface area contributed by atoms with E-state index in [1.165, 1.54) is 4.90 Å². The second-order valence-corrected chi connectivity index (χ2v) is 4.46. The van der Waals surface area contributed by atoms with Crippen molar-refractivity contribution in [3.05, 3.63) is 29.8 Å². The maximum absolute atomic E-state index is 12.1. The fraction of sp³-hybridized carbons (Fsp3) is 0.467. The summed E-state index contributed by atoms with van der Waals surface area (Å²) < 4.78 is 4.85. The van der Waals surface area contributed by atoms with Crippen LogP contribution in [-0.2, 0) is 20.7 Å². The van der Waals surface area contributed by atoms with E-state index in [1.807, 2.05) is 31.2 Å². The Kier molecular flexibility index (Phi) is 6.56. The molecule has 1 aromatic carbocycles. The molecule has 5 nitrogen and oxygen atoms in total. The van der Waals surface area contributed by atoms with E-state index < -0.39 is 0 Å². The molecular weight excluding hydrogens is 256 g/mol. The Bertz CT molecular complexity index is 460. The lowest BCUT2D eigenvalue weighted by Gasteiger charge is -2.19. The van der Waals surface area contributed by atoms with Crippen molar-refractivity contribution in [2.75, 3.05) is 25.4 Å². The van der Waals surface area contributed by atoms with Gasteiger partial charge in [-0.15, -0.1) is 0 Å². The number of hydrogen-bond donors (Lipinski definition) is 1. The van der Waals surface area contributed by atoms with E-state index in [2.05, 4.69) is 0 Å². The van der Waals surface area contributed by atoms with Crippen LogP contribution in [0.4, 0.5) is 5.69 Å². The summed E-state index contributed by atoms with van der Waals surface area (Å²) in [7, 11) is 0. The summed E-state index contributed by atoms with van der Waals surface area (Å²) in [6.07, 6.45) is 0.972. The quantitative estimate of drug-likeness (QED) is 0.607. The molecule has 0 aliphatic heterocycles. The zero-order valence-corrected chi connectivity index (χ0v) is 12.1. The van der Waals surface area contributed by atoms with Crippen LogP contribution in [0, 0.1) is 0 Å². The smallest absolute Gasteiger partial charge is 0.325 e. The van der Waals surface area contributed by atoms with Crippen molar-refractivity contribution in [2.24, 2.45) is 0 Å². The number of esters is 1. The summed E-state index contributed by atoms with van der Waals surface area (Å²) in [6, 6.07) is 7.47. The van der Waals surface area contributed by atoms with Crippen LogP contribution in [0.3, 0.4) is 0 Å². The van der Waals surface area contributed by atoms with E-state index in [-0.39, 0.29) is 18.4 Å². The Morgan fingerprint density at radius 2 is 2.05 bits per heavy atom. The first-order valence-electron chi connectivity index (χ1n) is 6.84. The number of nitrogens with two attached hydrogens (primary N) is 1. The van der Waals surface area contributed by atoms with Gasteiger partial charge in [0.15, 0.2) is 0 Å². The van der Waals surface area contributed by atoms with Crippen molar-refractivity contribution in [2.45, 2.75) is 26.7 Å². The highest BCUT2D eigenvalue weighted by Crippen LogP contribution is 2.09. The molecule has 0 radical (unpaired) electrons. The number of likely N-dealkylation sites (N-methyl/N-ethyl adjacent to an activating group) is 1. The summed E-state index contributed by atoms with van der Waals surface area (Å²) >= 11 is 0. The number of carbonyl (C=O) groups is 2. The first-order chi connectivity index (χ1) is 9.56. The molecule has 0 fully saturated rings. The number of anilines is 1. The predicted molar refractivity (Wildman–Crippen MR) is 78.1 cm³/mol. The van der Waals surface area contributed by atoms with Gasteiger partial charge in [0.1, 0.15) is 6.54 Å². The molecule has 0 aliphatic rings. The molecule has 0 unspecified atom stereocenters. The molecule has 0 heterocycles. The minimum atomic E-state index is -0.369. The van der Waals surface area contributed by atoms with Crippen LogP contribution in [0.2, 0.25) is 0 Å². The molecule has 2 N–H and O–H groups in total. The third-order valence-electron chi connectivity index (χ3n) is 2.94. The Balaban J connectivity index is 2.49.